The molecule has 4 aliphatic rings. The van der Waals surface area contributed by atoms with E-state index in [-0.39, 0.29) is 5.41 Å². The molecule has 1 fully saturated rings. The Morgan fingerprint density at radius 2 is 1.86 bits per heavy atom. The molecule has 1 heteroatoms. The van der Waals surface area contributed by atoms with E-state index in [1.54, 1.807) is 11.1 Å². The second-order valence-corrected chi connectivity index (χ2v) is 7.88. The summed E-state index contributed by atoms with van der Waals surface area (Å²) < 4.78 is 0. The molecule has 0 radical (unpaired) electrons. The third-order valence-electron chi connectivity index (χ3n) is 6.29. The number of allylic oxidation sites excluding steroid dienone is 10. The number of hydrogen-bond acceptors (Lipinski definition) is 1. The zero-order valence-electron chi connectivity index (χ0n) is 13.8. The van der Waals surface area contributed by atoms with Crippen molar-refractivity contribution >= 4 is 0 Å². The Morgan fingerprint density at radius 3 is 2.68 bits per heavy atom. The SMILES string of the molecule is CC1(C)C2=CCC(C3=C(N)CCCC3)C=C2C2C=CC=CC21. The Morgan fingerprint density at radius 1 is 1.09 bits per heavy atom. The summed E-state index contributed by atoms with van der Waals surface area (Å²) in [4.78, 5) is 0. The van der Waals surface area contributed by atoms with Crippen molar-refractivity contribution in [2.75, 3.05) is 0 Å². The standard InChI is InChI=1S/C21H27N/c1-21(2)18-9-5-3-8-16(18)17-13-14(11-12-19(17)21)15-7-4-6-10-20(15)22/h3,5,8-9,12-14,16,18H,4,6-7,10-11,22H2,1-2H3. The van der Waals surface area contributed by atoms with Crippen molar-refractivity contribution in [2.24, 2.45) is 28.9 Å². The highest BCUT2D eigenvalue weighted by Gasteiger charge is 2.47. The van der Waals surface area contributed by atoms with Crippen LogP contribution in [0, 0.1) is 23.2 Å². The van der Waals surface area contributed by atoms with E-state index >= 15 is 0 Å². The van der Waals surface area contributed by atoms with Crippen molar-refractivity contribution in [1.82, 2.24) is 0 Å². The molecule has 1 nitrogen and oxygen atoms in total. The van der Waals surface area contributed by atoms with E-state index in [0.717, 1.165) is 12.8 Å². The van der Waals surface area contributed by atoms with Crippen LogP contribution in [0.1, 0.15) is 46.0 Å². The highest BCUT2D eigenvalue weighted by molar-refractivity contribution is 5.52. The molecular formula is C21H27N. The fourth-order valence-electron chi connectivity index (χ4n) is 5.05. The number of nitrogens with two attached hydrogens (primary N) is 1. The molecule has 0 aliphatic heterocycles. The monoisotopic (exact) mass is 293 g/mol. The lowest BCUT2D eigenvalue weighted by molar-refractivity contribution is 0.333. The molecular weight excluding hydrogens is 266 g/mol. The predicted octanol–water partition coefficient (Wildman–Crippen LogP) is 5.04. The highest BCUT2D eigenvalue weighted by Crippen LogP contribution is 2.57. The Bertz CT molecular complexity index is 639. The number of fused-ring (bicyclic) bond motifs is 3. The van der Waals surface area contributed by atoms with Gasteiger partial charge in [-0.15, -0.1) is 0 Å². The van der Waals surface area contributed by atoms with Gasteiger partial charge in [-0.25, -0.2) is 0 Å². The second-order valence-electron chi connectivity index (χ2n) is 7.88. The van der Waals surface area contributed by atoms with E-state index in [0.29, 0.717) is 17.8 Å². The van der Waals surface area contributed by atoms with Gasteiger partial charge in [-0.2, -0.15) is 0 Å². The Kier molecular flexibility index (Phi) is 3.21. The van der Waals surface area contributed by atoms with Crippen LogP contribution in [0.5, 0.6) is 0 Å². The Hall–Kier alpha value is -1.50. The molecule has 0 bridgehead atoms. The molecule has 4 aliphatic carbocycles. The minimum atomic E-state index is 0.259. The van der Waals surface area contributed by atoms with Crippen molar-refractivity contribution in [3.63, 3.8) is 0 Å². The van der Waals surface area contributed by atoms with Crippen LogP contribution >= 0.6 is 0 Å². The smallest absolute Gasteiger partial charge is 0.00922 e. The normalized spacial score (nSPS) is 35.8. The maximum Gasteiger partial charge on any atom is 0.00922 e. The summed E-state index contributed by atoms with van der Waals surface area (Å²) >= 11 is 0. The van der Waals surface area contributed by atoms with Crippen LogP contribution in [0.15, 0.2) is 58.9 Å². The van der Waals surface area contributed by atoms with Crippen LogP contribution in [0.3, 0.4) is 0 Å². The maximum atomic E-state index is 6.34. The first-order valence-electron chi connectivity index (χ1n) is 8.84. The molecule has 0 saturated heterocycles. The van der Waals surface area contributed by atoms with Gasteiger partial charge in [0.2, 0.25) is 0 Å². The predicted molar refractivity (Wildman–Crippen MR) is 93.0 cm³/mol. The van der Waals surface area contributed by atoms with Gasteiger partial charge < -0.3 is 5.73 Å². The summed E-state index contributed by atoms with van der Waals surface area (Å²) in [6, 6.07) is 0. The summed E-state index contributed by atoms with van der Waals surface area (Å²) in [5.74, 6) is 1.74. The number of rotatable bonds is 1. The van der Waals surface area contributed by atoms with Crippen LogP contribution in [-0.4, -0.2) is 0 Å². The van der Waals surface area contributed by atoms with Crippen LogP contribution in [0.4, 0.5) is 0 Å². The molecule has 1 saturated carbocycles. The van der Waals surface area contributed by atoms with Crippen molar-refractivity contribution < 1.29 is 0 Å². The second kappa shape index (κ2) is 5.01. The summed E-state index contributed by atoms with van der Waals surface area (Å²) in [6.45, 7) is 4.82. The fourth-order valence-corrected chi connectivity index (χ4v) is 5.05. The zero-order valence-corrected chi connectivity index (χ0v) is 13.8. The molecule has 0 aromatic carbocycles. The van der Waals surface area contributed by atoms with Gasteiger partial charge in [0, 0.05) is 17.5 Å². The average Bonchev–Trinajstić information content (AvgIpc) is 2.76. The lowest BCUT2D eigenvalue weighted by Gasteiger charge is -2.30. The van der Waals surface area contributed by atoms with Crippen molar-refractivity contribution in [3.05, 3.63) is 58.9 Å². The molecule has 116 valence electrons. The fraction of sp³-hybridized carbons (Fsp3) is 0.524. The van der Waals surface area contributed by atoms with Crippen LogP contribution < -0.4 is 5.73 Å². The summed E-state index contributed by atoms with van der Waals surface area (Å²) in [6.07, 6.45) is 20.4. The van der Waals surface area contributed by atoms with Crippen molar-refractivity contribution in [3.8, 4) is 0 Å². The quantitative estimate of drug-likeness (QED) is 0.720. The lowest BCUT2D eigenvalue weighted by Crippen LogP contribution is -2.21. The number of hydrogen-bond donors (Lipinski definition) is 1. The van der Waals surface area contributed by atoms with Crippen LogP contribution in [-0.2, 0) is 0 Å². The van der Waals surface area contributed by atoms with E-state index in [1.807, 2.05) is 0 Å². The van der Waals surface area contributed by atoms with Crippen LogP contribution in [0.25, 0.3) is 0 Å². The van der Waals surface area contributed by atoms with Gasteiger partial charge in [0.25, 0.3) is 0 Å². The van der Waals surface area contributed by atoms with Gasteiger partial charge in [0.1, 0.15) is 0 Å². The van der Waals surface area contributed by atoms with Gasteiger partial charge in [0.05, 0.1) is 0 Å². The van der Waals surface area contributed by atoms with E-state index in [4.69, 9.17) is 5.73 Å². The van der Waals surface area contributed by atoms with Crippen molar-refractivity contribution in [2.45, 2.75) is 46.0 Å². The third-order valence-corrected chi connectivity index (χ3v) is 6.29. The third kappa shape index (κ3) is 1.98. The topological polar surface area (TPSA) is 26.0 Å². The van der Waals surface area contributed by atoms with Gasteiger partial charge in [-0.05, 0) is 60.2 Å². The maximum absolute atomic E-state index is 6.34. The van der Waals surface area contributed by atoms with E-state index in [2.05, 4.69) is 50.3 Å². The van der Waals surface area contributed by atoms with E-state index in [9.17, 15) is 0 Å². The Labute approximate surface area is 134 Å². The molecule has 22 heavy (non-hydrogen) atoms. The van der Waals surface area contributed by atoms with Crippen LogP contribution in [0.2, 0.25) is 0 Å². The molecule has 3 atom stereocenters. The molecule has 0 spiro atoms. The van der Waals surface area contributed by atoms with E-state index < -0.39 is 0 Å². The molecule has 3 unspecified atom stereocenters. The first-order valence-corrected chi connectivity index (χ1v) is 8.84. The van der Waals surface area contributed by atoms with Gasteiger partial charge in [0.15, 0.2) is 0 Å². The Balaban J connectivity index is 1.73. The minimum absolute atomic E-state index is 0.259. The largest absolute Gasteiger partial charge is 0.402 e. The summed E-state index contributed by atoms with van der Waals surface area (Å²) in [7, 11) is 0. The minimum Gasteiger partial charge on any atom is -0.402 e. The first-order chi connectivity index (χ1) is 10.6. The average molecular weight is 293 g/mol. The summed E-state index contributed by atoms with van der Waals surface area (Å²) in [5.41, 5.74) is 12.5. The zero-order chi connectivity index (χ0) is 15.3. The molecule has 0 heterocycles. The van der Waals surface area contributed by atoms with Gasteiger partial charge in [-0.1, -0.05) is 50.3 Å². The molecule has 0 aromatic rings. The first kappa shape index (κ1) is 14.1. The lowest BCUT2D eigenvalue weighted by atomic mass is 9.74. The molecule has 4 rings (SSSR count). The van der Waals surface area contributed by atoms with Crippen molar-refractivity contribution in [1.29, 1.82) is 0 Å². The molecule has 2 N–H and O–H groups in total. The molecule has 0 aromatic heterocycles. The molecule has 0 amide bonds. The van der Waals surface area contributed by atoms with Gasteiger partial charge in [-0.3, -0.25) is 0 Å². The highest BCUT2D eigenvalue weighted by atomic mass is 14.6. The van der Waals surface area contributed by atoms with Gasteiger partial charge >= 0.3 is 0 Å². The summed E-state index contributed by atoms with van der Waals surface area (Å²) in [5, 5.41) is 0. The van der Waals surface area contributed by atoms with E-state index in [1.165, 1.54) is 30.5 Å².